The molecular weight excluding hydrogens is 396 g/mol. The van der Waals surface area contributed by atoms with Crippen molar-refractivity contribution in [3.8, 4) is 0 Å². The Hall–Kier alpha value is -2.04. The molecule has 0 aliphatic rings. The van der Waals surface area contributed by atoms with Gasteiger partial charge in [0.05, 0.1) is 18.8 Å². The number of alkyl halides is 3. The Balaban J connectivity index is 2.48. The van der Waals surface area contributed by atoms with Crippen LogP contribution in [-0.4, -0.2) is 32.9 Å². The van der Waals surface area contributed by atoms with Crippen LogP contribution in [0.5, 0.6) is 0 Å². The zero-order valence-electron chi connectivity index (χ0n) is 16.0. The highest BCUT2D eigenvalue weighted by atomic mass is 19.4. The third-order valence-electron chi connectivity index (χ3n) is 4.08. The van der Waals surface area contributed by atoms with E-state index in [0.717, 1.165) is 12.1 Å². The molecule has 0 fully saturated rings. The van der Waals surface area contributed by atoms with Gasteiger partial charge in [-0.05, 0) is 34.9 Å². The summed E-state index contributed by atoms with van der Waals surface area (Å²) in [4.78, 5) is 0. The maximum Gasteiger partial charge on any atom is 0.416 e. The fourth-order valence-corrected chi connectivity index (χ4v) is 2.80. The lowest BCUT2D eigenvalue weighted by Crippen LogP contribution is -2.15. The van der Waals surface area contributed by atoms with Crippen LogP contribution in [0.2, 0.25) is 0 Å². The van der Waals surface area contributed by atoms with E-state index in [1.165, 1.54) is 38.5 Å². The summed E-state index contributed by atoms with van der Waals surface area (Å²) in [6, 6.07) is 7.06. The van der Waals surface area contributed by atoms with Crippen molar-refractivity contribution in [2.24, 2.45) is 0 Å². The summed E-state index contributed by atoms with van der Waals surface area (Å²) in [5.74, 6) is -0.642. The van der Waals surface area contributed by atoms with Crippen molar-refractivity contribution in [2.45, 2.75) is 25.5 Å². The van der Waals surface area contributed by atoms with Crippen LogP contribution in [0.4, 0.5) is 17.6 Å². The lowest BCUT2D eigenvalue weighted by atomic mass is 9.92. The number of benzene rings is 2. The first-order valence-electron chi connectivity index (χ1n) is 8.58. The predicted molar refractivity (Wildman–Crippen MR) is 95.2 cm³/mol. The van der Waals surface area contributed by atoms with Crippen molar-refractivity contribution >= 4 is 0 Å². The Morgan fingerprint density at radius 3 is 2.07 bits per heavy atom. The summed E-state index contributed by atoms with van der Waals surface area (Å²) in [7, 11) is 2.79. The van der Waals surface area contributed by atoms with Gasteiger partial charge in [0.1, 0.15) is 25.5 Å². The zero-order chi connectivity index (χ0) is 21.4. The maximum absolute atomic E-state index is 14.4. The number of ether oxygens (including phenoxy) is 4. The number of hydrogen-bond donors (Lipinski definition) is 1. The van der Waals surface area contributed by atoms with E-state index in [1.807, 2.05) is 0 Å². The fourth-order valence-electron chi connectivity index (χ4n) is 2.80. The molecule has 1 unspecified atom stereocenters. The van der Waals surface area contributed by atoms with E-state index < -0.39 is 23.7 Å². The van der Waals surface area contributed by atoms with Gasteiger partial charge in [-0.1, -0.05) is 18.2 Å². The molecule has 5 nitrogen and oxygen atoms in total. The molecule has 0 aliphatic carbocycles. The zero-order valence-corrected chi connectivity index (χ0v) is 16.0. The summed E-state index contributed by atoms with van der Waals surface area (Å²) in [5, 5.41) is 10.8. The Bertz CT molecular complexity index is 795. The number of halogens is 4. The Morgan fingerprint density at radius 1 is 0.897 bits per heavy atom. The summed E-state index contributed by atoms with van der Waals surface area (Å²) in [6.07, 6.45) is -6.31. The quantitative estimate of drug-likeness (QED) is 0.357. The van der Waals surface area contributed by atoms with Gasteiger partial charge in [-0.25, -0.2) is 4.39 Å². The van der Waals surface area contributed by atoms with Crippen LogP contribution in [0.3, 0.4) is 0 Å². The van der Waals surface area contributed by atoms with E-state index in [2.05, 4.69) is 0 Å². The minimum atomic E-state index is -4.66. The van der Waals surface area contributed by atoms with Crippen molar-refractivity contribution in [1.82, 2.24) is 0 Å². The Labute approximate surface area is 165 Å². The highest BCUT2D eigenvalue weighted by Gasteiger charge is 2.35. The standard InChI is InChI=1S/C20H22F4O5/c1-26-11-28-9-13-8-18(21)14(10-29-12-27-2)7-16(13)19(25)15-5-3-4-6-17(15)20(22,23)24/h3-8,19,25H,9-12H2,1-2H3. The lowest BCUT2D eigenvalue weighted by Gasteiger charge is -2.21. The molecule has 1 N–H and O–H groups in total. The Kier molecular flexibility index (Phi) is 8.54. The normalized spacial score (nSPS) is 12.9. The summed E-state index contributed by atoms with van der Waals surface area (Å²) >= 11 is 0. The molecule has 9 heteroatoms. The van der Waals surface area contributed by atoms with Crippen molar-refractivity contribution in [3.05, 3.63) is 70.0 Å². The van der Waals surface area contributed by atoms with Gasteiger partial charge in [0.15, 0.2) is 0 Å². The van der Waals surface area contributed by atoms with Crippen LogP contribution in [0.15, 0.2) is 36.4 Å². The van der Waals surface area contributed by atoms with Crippen LogP contribution in [0, 0.1) is 5.82 Å². The molecule has 160 valence electrons. The van der Waals surface area contributed by atoms with E-state index in [9.17, 15) is 22.7 Å². The second-order valence-electron chi connectivity index (χ2n) is 6.14. The summed E-state index contributed by atoms with van der Waals surface area (Å²) in [6.45, 7) is -0.536. The SMILES string of the molecule is COCOCc1cc(C(O)c2ccccc2C(F)(F)F)c(COCOC)cc1F. The first-order chi connectivity index (χ1) is 13.8. The topological polar surface area (TPSA) is 57.2 Å². The van der Waals surface area contributed by atoms with Crippen molar-refractivity contribution in [1.29, 1.82) is 0 Å². The van der Waals surface area contributed by atoms with Gasteiger partial charge in [-0.15, -0.1) is 0 Å². The molecule has 29 heavy (non-hydrogen) atoms. The van der Waals surface area contributed by atoms with Crippen molar-refractivity contribution < 1.29 is 41.6 Å². The maximum atomic E-state index is 14.4. The molecule has 0 bridgehead atoms. The molecule has 2 aromatic rings. The third-order valence-corrected chi connectivity index (χ3v) is 4.08. The molecule has 2 aromatic carbocycles. The molecule has 0 amide bonds. The Morgan fingerprint density at radius 2 is 1.48 bits per heavy atom. The number of hydrogen-bond acceptors (Lipinski definition) is 5. The highest BCUT2D eigenvalue weighted by Crippen LogP contribution is 2.37. The molecule has 0 radical (unpaired) electrons. The predicted octanol–water partition coefficient (Wildman–Crippen LogP) is 4.17. The number of aliphatic hydroxyl groups is 1. The minimum absolute atomic E-state index is 0.0658. The lowest BCUT2D eigenvalue weighted by molar-refractivity contribution is -0.139. The summed E-state index contributed by atoms with van der Waals surface area (Å²) < 4.78 is 74.4. The van der Waals surface area contributed by atoms with Crippen LogP contribution >= 0.6 is 0 Å². The van der Waals surface area contributed by atoms with Gasteiger partial charge in [-0.3, -0.25) is 0 Å². The average Bonchev–Trinajstić information content (AvgIpc) is 2.68. The monoisotopic (exact) mass is 418 g/mol. The highest BCUT2D eigenvalue weighted by molar-refractivity contribution is 5.42. The van der Waals surface area contributed by atoms with Gasteiger partial charge in [0.25, 0.3) is 0 Å². The second-order valence-corrected chi connectivity index (χ2v) is 6.14. The number of rotatable bonds is 10. The van der Waals surface area contributed by atoms with Gasteiger partial charge < -0.3 is 24.1 Å². The molecule has 0 saturated heterocycles. The largest absolute Gasteiger partial charge is 0.416 e. The van der Waals surface area contributed by atoms with Crippen LogP contribution < -0.4 is 0 Å². The van der Waals surface area contributed by atoms with Crippen molar-refractivity contribution in [2.75, 3.05) is 27.8 Å². The molecule has 0 aromatic heterocycles. The molecule has 0 saturated carbocycles. The van der Waals surface area contributed by atoms with E-state index >= 15 is 0 Å². The van der Waals surface area contributed by atoms with E-state index in [0.29, 0.717) is 0 Å². The molecule has 0 spiro atoms. The van der Waals surface area contributed by atoms with Gasteiger partial charge in [0.2, 0.25) is 0 Å². The molecule has 0 heterocycles. The van der Waals surface area contributed by atoms with E-state index in [-0.39, 0.29) is 49.1 Å². The van der Waals surface area contributed by atoms with Crippen LogP contribution in [-0.2, 0) is 38.3 Å². The van der Waals surface area contributed by atoms with Crippen LogP contribution in [0.25, 0.3) is 0 Å². The summed E-state index contributed by atoms with van der Waals surface area (Å²) in [5.41, 5.74) is -0.980. The van der Waals surface area contributed by atoms with Crippen molar-refractivity contribution in [3.63, 3.8) is 0 Å². The van der Waals surface area contributed by atoms with Gasteiger partial charge in [0, 0.05) is 19.8 Å². The third kappa shape index (κ3) is 6.22. The number of aliphatic hydroxyl groups excluding tert-OH is 1. The smallest absolute Gasteiger partial charge is 0.384 e. The first kappa shape index (κ1) is 23.2. The van der Waals surface area contributed by atoms with Crippen LogP contribution in [0.1, 0.15) is 33.9 Å². The fraction of sp³-hybridized carbons (Fsp3) is 0.400. The van der Waals surface area contributed by atoms with E-state index in [4.69, 9.17) is 18.9 Å². The first-order valence-corrected chi connectivity index (χ1v) is 8.58. The van der Waals surface area contributed by atoms with E-state index in [1.54, 1.807) is 0 Å². The minimum Gasteiger partial charge on any atom is -0.384 e. The molecule has 0 aliphatic heterocycles. The number of methoxy groups -OCH3 is 2. The molecule has 2 rings (SSSR count). The second kappa shape index (κ2) is 10.7. The average molecular weight is 418 g/mol. The molecular formula is C20H22F4O5. The van der Waals surface area contributed by atoms with Gasteiger partial charge in [-0.2, -0.15) is 13.2 Å². The molecule has 1 atom stereocenters. The van der Waals surface area contributed by atoms with Gasteiger partial charge >= 0.3 is 6.18 Å².